The van der Waals surface area contributed by atoms with E-state index in [1.54, 1.807) is 6.07 Å². The van der Waals surface area contributed by atoms with Gasteiger partial charge in [-0.15, -0.1) is 0 Å². The van der Waals surface area contributed by atoms with Gasteiger partial charge < -0.3 is 0 Å². The van der Waals surface area contributed by atoms with Crippen LogP contribution in [0.1, 0.15) is 40.2 Å². The van der Waals surface area contributed by atoms with Crippen molar-refractivity contribution in [3.63, 3.8) is 0 Å². The molecule has 0 saturated carbocycles. The molecule has 1 aliphatic carbocycles. The molecule has 1 aromatic rings. The number of carbonyl (C=O) groups is 1. The lowest BCUT2D eigenvalue weighted by atomic mass is 9.91. The number of alkyl halides is 1. The molecular formula is C11H12FNO. The quantitative estimate of drug-likeness (QED) is 0.685. The highest BCUT2D eigenvalue weighted by Gasteiger charge is 2.20. The minimum absolute atomic E-state index is 0.0599. The second-order valence-corrected chi connectivity index (χ2v) is 3.67. The third-order valence-corrected chi connectivity index (χ3v) is 2.63. The lowest BCUT2D eigenvalue weighted by molar-refractivity contribution is 0.0966. The highest BCUT2D eigenvalue weighted by molar-refractivity contribution is 5.96. The van der Waals surface area contributed by atoms with Gasteiger partial charge in [0.05, 0.1) is 5.69 Å². The maximum atomic E-state index is 12.4. The van der Waals surface area contributed by atoms with E-state index in [0.717, 1.165) is 24.0 Å². The summed E-state index contributed by atoms with van der Waals surface area (Å²) in [6.45, 7) is 1.32. The zero-order valence-electron chi connectivity index (χ0n) is 8.14. The average Bonchev–Trinajstić information content (AvgIpc) is 2.19. The number of carbonyl (C=O) groups excluding carboxylic acids is 1. The Bertz CT molecular complexity index is 387. The average molecular weight is 193 g/mol. The molecule has 2 rings (SSSR count). The molecular weight excluding hydrogens is 181 g/mol. The fourth-order valence-electron chi connectivity index (χ4n) is 1.93. The number of aryl methyl sites for hydroxylation is 1. The topological polar surface area (TPSA) is 30.0 Å². The van der Waals surface area contributed by atoms with E-state index in [9.17, 15) is 9.18 Å². The first-order valence-corrected chi connectivity index (χ1v) is 4.81. The summed E-state index contributed by atoms with van der Waals surface area (Å²) >= 11 is 0. The molecule has 0 atom stereocenters. The van der Waals surface area contributed by atoms with Crippen LogP contribution in [-0.2, 0) is 13.1 Å². The molecule has 1 aromatic heterocycles. The van der Waals surface area contributed by atoms with Gasteiger partial charge >= 0.3 is 0 Å². The summed E-state index contributed by atoms with van der Waals surface area (Å²) in [5.41, 5.74) is 2.88. The van der Waals surface area contributed by atoms with Crippen molar-refractivity contribution < 1.29 is 9.18 Å². The van der Waals surface area contributed by atoms with Gasteiger partial charge in [0, 0.05) is 6.42 Å². The summed E-state index contributed by atoms with van der Waals surface area (Å²) < 4.78 is 12.4. The fourth-order valence-corrected chi connectivity index (χ4v) is 1.93. The van der Waals surface area contributed by atoms with E-state index in [1.807, 2.05) is 6.92 Å². The van der Waals surface area contributed by atoms with Crippen molar-refractivity contribution in [3.05, 3.63) is 28.6 Å². The van der Waals surface area contributed by atoms with Crippen LogP contribution in [0.3, 0.4) is 0 Å². The number of pyridine rings is 1. The van der Waals surface area contributed by atoms with Gasteiger partial charge in [-0.25, -0.2) is 9.37 Å². The Morgan fingerprint density at radius 1 is 1.50 bits per heavy atom. The number of ketones is 1. The molecule has 0 bridgehead atoms. The van der Waals surface area contributed by atoms with Crippen molar-refractivity contribution in [1.29, 1.82) is 0 Å². The first-order chi connectivity index (χ1) is 6.72. The van der Waals surface area contributed by atoms with E-state index in [0.29, 0.717) is 17.8 Å². The van der Waals surface area contributed by atoms with Crippen molar-refractivity contribution in [3.8, 4) is 0 Å². The summed E-state index contributed by atoms with van der Waals surface area (Å²) in [4.78, 5) is 15.6. The molecule has 0 spiro atoms. The molecule has 0 fully saturated rings. The summed E-state index contributed by atoms with van der Waals surface area (Å²) in [7, 11) is 0. The van der Waals surface area contributed by atoms with E-state index < -0.39 is 6.67 Å². The minimum atomic E-state index is -0.596. The number of aromatic nitrogens is 1. The Hall–Kier alpha value is -1.25. The number of rotatable bonds is 1. The van der Waals surface area contributed by atoms with Crippen LogP contribution >= 0.6 is 0 Å². The van der Waals surface area contributed by atoms with Crippen molar-refractivity contribution in [1.82, 2.24) is 4.98 Å². The monoisotopic (exact) mass is 193 g/mol. The Kier molecular flexibility index (Phi) is 2.32. The third kappa shape index (κ3) is 1.43. The summed E-state index contributed by atoms with van der Waals surface area (Å²) in [5.74, 6) is 0.0599. The van der Waals surface area contributed by atoms with Crippen molar-refractivity contribution in [2.24, 2.45) is 0 Å². The summed E-state index contributed by atoms with van der Waals surface area (Å²) in [6.07, 6.45) is 2.34. The molecule has 1 aliphatic rings. The standard InChI is InChI=1S/C11H12FNO/c1-7-5-8(6-12)13-11-9(7)3-2-4-10(11)14/h5H,2-4,6H2,1H3. The maximum Gasteiger partial charge on any atom is 0.181 e. The number of nitrogens with zero attached hydrogens (tertiary/aromatic N) is 1. The number of Topliss-reactive ketones (excluding diaryl/α,β-unsaturated/α-hetero) is 1. The van der Waals surface area contributed by atoms with Crippen LogP contribution in [0.15, 0.2) is 6.07 Å². The van der Waals surface area contributed by atoms with Gasteiger partial charge in [0.25, 0.3) is 0 Å². The van der Waals surface area contributed by atoms with Gasteiger partial charge in [0.2, 0.25) is 0 Å². The first-order valence-electron chi connectivity index (χ1n) is 4.81. The molecule has 3 heteroatoms. The van der Waals surface area contributed by atoms with Crippen LogP contribution in [0.5, 0.6) is 0 Å². The molecule has 0 aliphatic heterocycles. The smallest absolute Gasteiger partial charge is 0.181 e. The third-order valence-electron chi connectivity index (χ3n) is 2.63. The predicted octanol–water partition coefficient (Wildman–Crippen LogP) is 2.38. The van der Waals surface area contributed by atoms with Gasteiger partial charge in [-0.1, -0.05) is 0 Å². The second-order valence-electron chi connectivity index (χ2n) is 3.67. The maximum absolute atomic E-state index is 12.4. The van der Waals surface area contributed by atoms with Crippen molar-refractivity contribution >= 4 is 5.78 Å². The van der Waals surface area contributed by atoms with E-state index in [2.05, 4.69) is 4.98 Å². The number of hydrogen-bond acceptors (Lipinski definition) is 2. The zero-order valence-corrected chi connectivity index (χ0v) is 8.14. The van der Waals surface area contributed by atoms with Crippen LogP contribution < -0.4 is 0 Å². The van der Waals surface area contributed by atoms with Crippen LogP contribution in [0.2, 0.25) is 0 Å². The summed E-state index contributed by atoms with van der Waals surface area (Å²) in [5, 5.41) is 0. The molecule has 0 saturated heterocycles. The van der Waals surface area contributed by atoms with Crippen LogP contribution in [0, 0.1) is 6.92 Å². The molecule has 0 aromatic carbocycles. The molecule has 0 N–H and O–H groups in total. The highest BCUT2D eigenvalue weighted by atomic mass is 19.1. The minimum Gasteiger partial charge on any atom is -0.292 e. The highest BCUT2D eigenvalue weighted by Crippen LogP contribution is 2.23. The Morgan fingerprint density at radius 3 is 3.00 bits per heavy atom. The van der Waals surface area contributed by atoms with E-state index in [4.69, 9.17) is 0 Å². The molecule has 1 heterocycles. The van der Waals surface area contributed by atoms with Crippen molar-refractivity contribution in [2.45, 2.75) is 32.9 Å². The molecule has 0 amide bonds. The molecule has 2 nitrogen and oxygen atoms in total. The molecule has 74 valence electrons. The van der Waals surface area contributed by atoms with Gasteiger partial charge in [-0.05, 0) is 37.0 Å². The number of fused-ring (bicyclic) bond motifs is 1. The summed E-state index contributed by atoms with van der Waals surface area (Å²) in [6, 6.07) is 1.73. The van der Waals surface area contributed by atoms with Crippen LogP contribution in [0.25, 0.3) is 0 Å². The Morgan fingerprint density at radius 2 is 2.29 bits per heavy atom. The van der Waals surface area contributed by atoms with E-state index >= 15 is 0 Å². The lowest BCUT2D eigenvalue weighted by Crippen LogP contribution is -2.15. The Balaban J connectivity index is 2.57. The largest absolute Gasteiger partial charge is 0.292 e. The van der Waals surface area contributed by atoms with Gasteiger partial charge in [-0.3, -0.25) is 4.79 Å². The predicted molar refractivity (Wildman–Crippen MR) is 51.1 cm³/mol. The Labute approximate surface area is 82.2 Å². The fraction of sp³-hybridized carbons (Fsp3) is 0.455. The number of hydrogen-bond donors (Lipinski definition) is 0. The lowest BCUT2D eigenvalue weighted by Gasteiger charge is -2.16. The van der Waals surface area contributed by atoms with Crippen LogP contribution in [0.4, 0.5) is 4.39 Å². The SMILES string of the molecule is Cc1cc(CF)nc2c1CCCC2=O. The zero-order chi connectivity index (χ0) is 10.1. The van der Waals surface area contributed by atoms with Gasteiger partial charge in [-0.2, -0.15) is 0 Å². The normalized spacial score (nSPS) is 15.4. The van der Waals surface area contributed by atoms with Gasteiger partial charge in [0.1, 0.15) is 12.4 Å². The van der Waals surface area contributed by atoms with Crippen molar-refractivity contribution in [2.75, 3.05) is 0 Å². The first kappa shape index (κ1) is 9.31. The number of halogens is 1. The van der Waals surface area contributed by atoms with E-state index in [1.165, 1.54) is 0 Å². The van der Waals surface area contributed by atoms with Crippen LogP contribution in [-0.4, -0.2) is 10.8 Å². The molecule has 0 unspecified atom stereocenters. The van der Waals surface area contributed by atoms with Gasteiger partial charge in [0.15, 0.2) is 5.78 Å². The van der Waals surface area contributed by atoms with E-state index in [-0.39, 0.29) is 5.78 Å². The second kappa shape index (κ2) is 3.48. The molecule has 14 heavy (non-hydrogen) atoms. The molecule has 0 radical (unpaired) electrons.